The zero-order valence-corrected chi connectivity index (χ0v) is 12.9. The zero-order chi connectivity index (χ0) is 14.7. The van der Waals surface area contributed by atoms with Gasteiger partial charge in [-0.2, -0.15) is 0 Å². The molecular weight excluding hydrogens is 272 g/mol. The molecule has 110 valence electrons. The van der Waals surface area contributed by atoms with Crippen LogP contribution in [-0.2, 0) is 4.79 Å². The summed E-state index contributed by atoms with van der Waals surface area (Å²) in [5.74, 6) is 0.0170. The number of anilines is 1. The van der Waals surface area contributed by atoms with Crippen molar-refractivity contribution >= 4 is 28.2 Å². The monoisotopic (exact) mass is 294 g/mol. The van der Waals surface area contributed by atoms with E-state index >= 15 is 0 Å². The van der Waals surface area contributed by atoms with Gasteiger partial charge in [0.25, 0.3) is 5.91 Å². The average molecular weight is 294 g/mol. The van der Waals surface area contributed by atoms with Crippen molar-refractivity contribution in [3.63, 3.8) is 0 Å². The number of hydrogen-bond donors (Lipinski definition) is 2. The highest BCUT2D eigenvalue weighted by atomic mass is 32.1. The minimum Gasteiger partial charge on any atom is -0.365 e. The summed E-state index contributed by atoms with van der Waals surface area (Å²) in [6.07, 6.45) is 6.56. The summed E-state index contributed by atoms with van der Waals surface area (Å²) in [4.78, 5) is 24.6. The van der Waals surface area contributed by atoms with Gasteiger partial charge < -0.3 is 11.1 Å². The highest BCUT2D eigenvalue weighted by Gasteiger charge is 2.21. The van der Waals surface area contributed by atoms with Crippen molar-refractivity contribution in [1.29, 1.82) is 0 Å². The van der Waals surface area contributed by atoms with Crippen molar-refractivity contribution in [2.75, 3.05) is 5.32 Å². The molecule has 1 aromatic rings. The van der Waals surface area contributed by atoms with Crippen LogP contribution in [0, 0.1) is 19.8 Å². The Labute approximate surface area is 123 Å². The lowest BCUT2D eigenvalue weighted by atomic mass is 9.87. The first kappa shape index (κ1) is 15.0. The number of nitrogens with two attached hydrogens (primary N) is 1. The van der Waals surface area contributed by atoms with Crippen molar-refractivity contribution in [2.45, 2.75) is 52.4 Å². The quantitative estimate of drug-likeness (QED) is 0.893. The maximum absolute atomic E-state index is 12.1. The molecule has 0 atom stereocenters. The van der Waals surface area contributed by atoms with Crippen LogP contribution in [0.2, 0.25) is 0 Å². The summed E-state index contributed by atoms with van der Waals surface area (Å²) in [6, 6.07) is 0. The fourth-order valence-electron chi connectivity index (χ4n) is 2.84. The van der Waals surface area contributed by atoms with Gasteiger partial charge in [-0.1, -0.05) is 19.3 Å². The van der Waals surface area contributed by atoms with Gasteiger partial charge in [-0.3, -0.25) is 9.59 Å². The topological polar surface area (TPSA) is 72.2 Å². The van der Waals surface area contributed by atoms with E-state index in [9.17, 15) is 9.59 Å². The summed E-state index contributed by atoms with van der Waals surface area (Å²) < 4.78 is 0. The number of aryl methyl sites for hydroxylation is 1. The Balaban J connectivity index is 2.04. The second-order valence-electron chi connectivity index (χ2n) is 5.61. The third-order valence-corrected chi connectivity index (χ3v) is 5.21. The van der Waals surface area contributed by atoms with Crippen LogP contribution in [0.25, 0.3) is 0 Å². The Morgan fingerprint density at radius 3 is 2.50 bits per heavy atom. The first-order chi connectivity index (χ1) is 9.49. The minimum absolute atomic E-state index is 0.000602. The number of carbonyl (C=O) groups is 2. The molecule has 0 aromatic carbocycles. The number of hydrogen-bond acceptors (Lipinski definition) is 3. The number of primary amides is 1. The minimum atomic E-state index is -0.472. The molecule has 0 spiro atoms. The molecule has 1 saturated carbocycles. The predicted molar refractivity (Wildman–Crippen MR) is 82.1 cm³/mol. The van der Waals surface area contributed by atoms with Crippen molar-refractivity contribution < 1.29 is 9.59 Å². The average Bonchev–Trinajstić information content (AvgIpc) is 2.65. The summed E-state index contributed by atoms with van der Waals surface area (Å²) in [6.45, 7) is 3.80. The summed E-state index contributed by atoms with van der Waals surface area (Å²) in [5, 5.41) is 3.48. The lowest BCUT2D eigenvalue weighted by molar-refractivity contribution is -0.117. The van der Waals surface area contributed by atoms with Crippen molar-refractivity contribution in [1.82, 2.24) is 0 Å². The number of rotatable bonds is 4. The normalized spacial score (nSPS) is 16.1. The third-order valence-electron chi connectivity index (χ3n) is 4.08. The van der Waals surface area contributed by atoms with E-state index < -0.39 is 5.91 Å². The van der Waals surface area contributed by atoms with Crippen LogP contribution in [0.5, 0.6) is 0 Å². The standard InChI is InChI=1S/C15H22N2O2S/c1-9-10(2)20-15(13(9)14(16)19)17-12(18)8-11-6-4-3-5-7-11/h11H,3-8H2,1-2H3,(H2,16,19)(H,17,18). The lowest BCUT2D eigenvalue weighted by Crippen LogP contribution is -2.20. The molecule has 1 aliphatic carbocycles. The van der Waals surface area contributed by atoms with E-state index in [2.05, 4.69) is 5.32 Å². The van der Waals surface area contributed by atoms with Crippen LogP contribution >= 0.6 is 11.3 Å². The molecule has 20 heavy (non-hydrogen) atoms. The number of thiophene rings is 1. The van der Waals surface area contributed by atoms with Gasteiger partial charge in [-0.05, 0) is 38.2 Å². The van der Waals surface area contributed by atoms with E-state index in [4.69, 9.17) is 5.73 Å². The highest BCUT2D eigenvalue weighted by Crippen LogP contribution is 2.33. The molecule has 1 aromatic heterocycles. The van der Waals surface area contributed by atoms with Gasteiger partial charge in [0.15, 0.2) is 0 Å². The fraction of sp³-hybridized carbons (Fsp3) is 0.600. The zero-order valence-electron chi connectivity index (χ0n) is 12.1. The molecule has 1 aliphatic rings. The van der Waals surface area contributed by atoms with E-state index in [1.165, 1.54) is 30.6 Å². The lowest BCUT2D eigenvalue weighted by Gasteiger charge is -2.20. The highest BCUT2D eigenvalue weighted by molar-refractivity contribution is 7.16. The molecule has 3 N–H and O–H groups in total. The van der Waals surface area contributed by atoms with Gasteiger partial charge in [-0.25, -0.2) is 0 Å². The van der Waals surface area contributed by atoms with Crippen LogP contribution in [0.1, 0.15) is 59.3 Å². The van der Waals surface area contributed by atoms with E-state index in [0.717, 1.165) is 23.3 Å². The Hall–Kier alpha value is -1.36. The van der Waals surface area contributed by atoms with E-state index in [0.29, 0.717) is 22.9 Å². The fourth-order valence-corrected chi connectivity index (χ4v) is 3.92. The smallest absolute Gasteiger partial charge is 0.251 e. The Bertz CT molecular complexity index is 516. The van der Waals surface area contributed by atoms with Gasteiger partial charge >= 0.3 is 0 Å². The summed E-state index contributed by atoms with van der Waals surface area (Å²) in [5.41, 5.74) is 6.74. The van der Waals surface area contributed by atoms with Crippen LogP contribution in [-0.4, -0.2) is 11.8 Å². The molecule has 1 fully saturated rings. The van der Waals surface area contributed by atoms with Crippen molar-refractivity contribution in [2.24, 2.45) is 11.7 Å². The van der Waals surface area contributed by atoms with Gasteiger partial charge in [0.1, 0.15) is 5.00 Å². The molecule has 0 unspecified atom stereocenters. The molecule has 0 aliphatic heterocycles. The molecule has 2 rings (SSSR count). The van der Waals surface area contributed by atoms with Crippen LogP contribution in [0.15, 0.2) is 0 Å². The second-order valence-corrected chi connectivity index (χ2v) is 6.83. The van der Waals surface area contributed by atoms with Gasteiger partial charge in [-0.15, -0.1) is 11.3 Å². The molecule has 0 saturated heterocycles. The van der Waals surface area contributed by atoms with E-state index in [-0.39, 0.29) is 5.91 Å². The molecule has 0 bridgehead atoms. The first-order valence-electron chi connectivity index (χ1n) is 7.18. The number of carbonyl (C=O) groups excluding carboxylic acids is 2. The van der Waals surface area contributed by atoms with E-state index in [1.807, 2.05) is 13.8 Å². The largest absolute Gasteiger partial charge is 0.365 e. The number of nitrogens with one attached hydrogen (secondary N) is 1. The molecule has 4 nitrogen and oxygen atoms in total. The Kier molecular flexibility index (Phi) is 4.81. The second kappa shape index (κ2) is 6.39. The first-order valence-corrected chi connectivity index (χ1v) is 8.00. The third kappa shape index (κ3) is 3.39. The van der Waals surface area contributed by atoms with Crippen LogP contribution < -0.4 is 11.1 Å². The van der Waals surface area contributed by atoms with Gasteiger partial charge in [0.05, 0.1) is 5.56 Å². The van der Waals surface area contributed by atoms with Crippen LogP contribution in [0.3, 0.4) is 0 Å². The van der Waals surface area contributed by atoms with Crippen LogP contribution in [0.4, 0.5) is 5.00 Å². The number of amides is 2. The molecule has 1 heterocycles. The molecule has 2 amide bonds. The van der Waals surface area contributed by atoms with Crippen molar-refractivity contribution in [3.8, 4) is 0 Å². The summed E-state index contributed by atoms with van der Waals surface area (Å²) in [7, 11) is 0. The van der Waals surface area contributed by atoms with E-state index in [1.54, 1.807) is 0 Å². The predicted octanol–water partition coefficient (Wildman–Crippen LogP) is 3.37. The maximum atomic E-state index is 12.1. The summed E-state index contributed by atoms with van der Waals surface area (Å²) >= 11 is 1.43. The maximum Gasteiger partial charge on any atom is 0.251 e. The van der Waals surface area contributed by atoms with Crippen molar-refractivity contribution in [3.05, 3.63) is 16.0 Å². The van der Waals surface area contributed by atoms with Gasteiger partial charge in [0.2, 0.25) is 5.91 Å². The molecule has 0 radical (unpaired) electrons. The Morgan fingerprint density at radius 2 is 1.90 bits per heavy atom. The molecule has 5 heteroatoms. The van der Waals surface area contributed by atoms with Gasteiger partial charge in [0, 0.05) is 11.3 Å². The Morgan fingerprint density at radius 1 is 1.25 bits per heavy atom. The SMILES string of the molecule is Cc1sc(NC(=O)CC2CCCCC2)c(C(N)=O)c1C. The molecular formula is C15H22N2O2S.